The first-order chi connectivity index (χ1) is 14.6. The van der Waals surface area contributed by atoms with Crippen molar-refractivity contribution in [1.82, 2.24) is 10.2 Å². The van der Waals surface area contributed by atoms with Crippen LogP contribution in [0.2, 0.25) is 0 Å². The molecule has 3 aliphatic rings. The Bertz CT molecular complexity index is 771. The SMILES string of the molecule is CCC(CC(=O)C1SCN[C@@H]1C(=O)N1CCC[C@H]1CO)[C@H]1CCc2ccccc2C1. The Hall–Kier alpha value is -1.37. The zero-order valence-electron chi connectivity index (χ0n) is 17.9. The fraction of sp³-hybridized carbons (Fsp3) is 0.667. The standard InChI is InChI=1S/C24H34N2O3S/c1-2-16(19-10-9-17-6-3-4-7-18(17)12-19)13-21(28)23-22(25-15-30-23)24(29)26-11-5-8-20(26)14-27/h3-4,6-7,16,19-20,22-23,25,27H,2,5,8-15H2,1H3/t16?,19-,20-,22-,23?/m0/s1. The number of hydrogen-bond donors (Lipinski definition) is 2. The van der Waals surface area contributed by atoms with Crippen molar-refractivity contribution in [1.29, 1.82) is 0 Å². The van der Waals surface area contributed by atoms with Gasteiger partial charge < -0.3 is 10.0 Å². The van der Waals surface area contributed by atoms with Crippen LogP contribution in [0.4, 0.5) is 0 Å². The second-order valence-corrected chi connectivity index (χ2v) is 10.2. The molecule has 30 heavy (non-hydrogen) atoms. The second-order valence-electron chi connectivity index (χ2n) is 9.03. The van der Waals surface area contributed by atoms with Gasteiger partial charge in [-0.05, 0) is 55.1 Å². The number of Topliss-reactive ketones (excluding diaryl/α,β-unsaturated/α-hetero) is 1. The Morgan fingerprint density at radius 2 is 2.07 bits per heavy atom. The van der Waals surface area contributed by atoms with E-state index in [2.05, 4.69) is 36.5 Å². The maximum absolute atomic E-state index is 13.3. The molecule has 1 aliphatic carbocycles. The first-order valence-corrected chi connectivity index (χ1v) is 12.5. The minimum absolute atomic E-state index is 0.00505. The van der Waals surface area contributed by atoms with Crippen LogP contribution in [-0.2, 0) is 22.4 Å². The number of thioether (sulfide) groups is 1. The first-order valence-electron chi connectivity index (χ1n) is 11.5. The number of nitrogens with one attached hydrogen (secondary N) is 1. The molecule has 0 spiro atoms. The summed E-state index contributed by atoms with van der Waals surface area (Å²) in [7, 11) is 0. The number of aliphatic hydroxyl groups is 1. The number of aliphatic hydroxyl groups excluding tert-OH is 1. The van der Waals surface area contributed by atoms with E-state index in [1.165, 1.54) is 11.1 Å². The van der Waals surface area contributed by atoms with Crippen molar-refractivity contribution in [2.45, 2.75) is 69.2 Å². The van der Waals surface area contributed by atoms with E-state index in [-0.39, 0.29) is 29.6 Å². The zero-order valence-corrected chi connectivity index (χ0v) is 18.7. The number of likely N-dealkylation sites (tertiary alicyclic amines) is 1. The number of fused-ring (bicyclic) bond motifs is 1. The Morgan fingerprint density at radius 1 is 1.27 bits per heavy atom. The number of carbonyl (C=O) groups excluding carboxylic acids is 2. The third-order valence-electron chi connectivity index (χ3n) is 7.36. The summed E-state index contributed by atoms with van der Waals surface area (Å²) in [6.45, 7) is 2.88. The summed E-state index contributed by atoms with van der Waals surface area (Å²) in [5.41, 5.74) is 2.90. The van der Waals surface area contributed by atoms with Crippen molar-refractivity contribution >= 4 is 23.5 Å². The number of benzene rings is 1. The van der Waals surface area contributed by atoms with Crippen LogP contribution in [0.25, 0.3) is 0 Å². The number of aryl methyl sites for hydroxylation is 1. The largest absolute Gasteiger partial charge is 0.394 e. The van der Waals surface area contributed by atoms with Crippen LogP contribution in [0.1, 0.15) is 50.2 Å². The fourth-order valence-corrected chi connectivity index (χ4v) is 6.71. The lowest BCUT2D eigenvalue weighted by Gasteiger charge is -2.32. The highest BCUT2D eigenvalue weighted by Gasteiger charge is 2.43. The van der Waals surface area contributed by atoms with Crippen molar-refractivity contribution in [2.75, 3.05) is 19.0 Å². The van der Waals surface area contributed by atoms with Crippen molar-refractivity contribution in [2.24, 2.45) is 11.8 Å². The predicted molar refractivity (Wildman–Crippen MR) is 120 cm³/mol. The first kappa shape index (κ1) is 21.8. The van der Waals surface area contributed by atoms with Gasteiger partial charge in [0.15, 0.2) is 0 Å². The number of hydrogen-bond acceptors (Lipinski definition) is 5. The molecule has 2 heterocycles. The minimum atomic E-state index is -0.445. The summed E-state index contributed by atoms with van der Waals surface area (Å²) >= 11 is 1.57. The molecule has 164 valence electrons. The maximum atomic E-state index is 13.3. The topological polar surface area (TPSA) is 69.6 Å². The van der Waals surface area contributed by atoms with Crippen LogP contribution in [-0.4, -0.2) is 58.1 Å². The smallest absolute Gasteiger partial charge is 0.241 e. The molecule has 5 nitrogen and oxygen atoms in total. The molecular weight excluding hydrogens is 396 g/mol. The average Bonchev–Trinajstić information content (AvgIpc) is 3.46. The van der Waals surface area contributed by atoms with Crippen LogP contribution >= 0.6 is 11.8 Å². The fourth-order valence-electron chi connectivity index (χ4n) is 5.57. The molecule has 4 rings (SSSR count). The monoisotopic (exact) mass is 430 g/mol. The molecule has 6 heteroatoms. The molecule has 2 unspecified atom stereocenters. The van der Waals surface area contributed by atoms with E-state index in [9.17, 15) is 14.7 Å². The molecule has 1 aromatic carbocycles. The third kappa shape index (κ3) is 4.46. The lowest BCUT2D eigenvalue weighted by molar-refractivity contribution is -0.136. The average molecular weight is 431 g/mol. The molecule has 0 bridgehead atoms. The van der Waals surface area contributed by atoms with E-state index in [1.54, 1.807) is 16.7 Å². The van der Waals surface area contributed by atoms with Crippen molar-refractivity contribution in [3.05, 3.63) is 35.4 Å². The van der Waals surface area contributed by atoms with Crippen LogP contribution in [0.15, 0.2) is 24.3 Å². The molecule has 0 saturated carbocycles. The van der Waals surface area contributed by atoms with E-state index in [1.807, 2.05) is 0 Å². The summed E-state index contributed by atoms with van der Waals surface area (Å²) in [5.74, 6) is 1.76. The van der Waals surface area contributed by atoms with Gasteiger partial charge in [0.1, 0.15) is 11.8 Å². The lowest BCUT2D eigenvalue weighted by atomic mass is 9.74. The van der Waals surface area contributed by atoms with Crippen LogP contribution in [0.5, 0.6) is 0 Å². The minimum Gasteiger partial charge on any atom is -0.394 e. The molecule has 2 fully saturated rings. The van der Waals surface area contributed by atoms with E-state index >= 15 is 0 Å². The molecule has 2 saturated heterocycles. The Morgan fingerprint density at radius 3 is 2.83 bits per heavy atom. The van der Waals surface area contributed by atoms with Gasteiger partial charge in [0.25, 0.3) is 0 Å². The van der Waals surface area contributed by atoms with Gasteiger partial charge in [0.05, 0.1) is 17.9 Å². The van der Waals surface area contributed by atoms with Gasteiger partial charge in [-0.1, -0.05) is 37.6 Å². The molecule has 5 atom stereocenters. The molecular formula is C24H34N2O3S. The van der Waals surface area contributed by atoms with Gasteiger partial charge in [0, 0.05) is 18.8 Å². The number of carbonyl (C=O) groups is 2. The van der Waals surface area contributed by atoms with Crippen molar-refractivity contribution < 1.29 is 14.7 Å². The predicted octanol–water partition coefficient (Wildman–Crippen LogP) is 2.79. The Kier molecular flexibility index (Phi) is 7.16. The zero-order chi connectivity index (χ0) is 21.1. The number of rotatable bonds is 7. The Balaban J connectivity index is 1.40. The second kappa shape index (κ2) is 9.84. The van der Waals surface area contributed by atoms with Crippen LogP contribution in [0.3, 0.4) is 0 Å². The van der Waals surface area contributed by atoms with E-state index < -0.39 is 6.04 Å². The van der Waals surface area contributed by atoms with Gasteiger partial charge in [-0.25, -0.2) is 0 Å². The number of amides is 1. The Labute approximate surface area is 184 Å². The van der Waals surface area contributed by atoms with Gasteiger partial charge in [0.2, 0.25) is 5.91 Å². The molecule has 2 N–H and O–H groups in total. The van der Waals surface area contributed by atoms with Gasteiger partial charge >= 0.3 is 0 Å². The normalized spacial score (nSPS) is 29.6. The van der Waals surface area contributed by atoms with E-state index in [0.29, 0.717) is 30.7 Å². The summed E-state index contributed by atoms with van der Waals surface area (Å²) in [6.07, 6.45) is 6.65. The van der Waals surface area contributed by atoms with E-state index in [4.69, 9.17) is 0 Å². The summed E-state index contributed by atoms with van der Waals surface area (Å²) in [4.78, 5) is 28.2. The molecule has 0 aromatic heterocycles. The highest BCUT2D eigenvalue weighted by atomic mass is 32.2. The van der Waals surface area contributed by atoms with Gasteiger partial charge in [-0.2, -0.15) is 0 Å². The highest BCUT2D eigenvalue weighted by molar-refractivity contribution is 8.00. The number of ketones is 1. The van der Waals surface area contributed by atoms with Crippen LogP contribution in [0, 0.1) is 11.8 Å². The summed E-state index contributed by atoms with van der Waals surface area (Å²) in [6, 6.07) is 8.15. The number of nitrogens with zero attached hydrogens (tertiary/aromatic N) is 1. The quantitative estimate of drug-likeness (QED) is 0.696. The van der Waals surface area contributed by atoms with Crippen molar-refractivity contribution in [3.8, 4) is 0 Å². The molecule has 1 amide bonds. The molecule has 1 aromatic rings. The third-order valence-corrected chi connectivity index (χ3v) is 8.59. The highest BCUT2D eigenvalue weighted by Crippen LogP contribution is 2.35. The van der Waals surface area contributed by atoms with Gasteiger partial charge in [-0.3, -0.25) is 14.9 Å². The molecule has 0 radical (unpaired) electrons. The summed E-state index contributed by atoms with van der Waals surface area (Å²) in [5, 5.41) is 12.5. The van der Waals surface area contributed by atoms with Crippen LogP contribution < -0.4 is 5.32 Å². The lowest BCUT2D eigenvalue weighted by Crippen LogP contribution is -2.52. The van der Waals surface area contributed by atoms with Gasteiger partial charge in [-0.15, -0.1) is 11.8 Å². The maximum Gasteiger partial charge on any atom is 0.241 e. The summed E-state index contributed by atoms with van der Waals surface area (Å²) < 4.78 is 0. The molecule has 2 aliphatic heterocycles. The van der Waals surface area contributed by atoms with Crippen molar-refractivity contribution in [3.63, 3.8) is 0 Å². The van der Waals surface area contributed by atoms with E-state index in [0.717, 1.165) is 38.5 Å².